The van der Waals surface area contributed by atoms with Crippen molar-refractivity contribution in [3.63, 3.8) is 0 Å². The number of ether oxygens (including phenoxy) is 1. The van der Waals surface area contributed by atoms with Gasteiger partial charge in [-0.1, -0.05) is 0 Å². The Morgan fingerprint density at radius 2 is 1.88 bits per heavy atom. The number of methoxy groups -OCH3 is 1. The number of carbonyl (C=O) groups excluding carboxylic acids is 2. The van der Waals surface area contributed by atoms with Crippen LogP contribution in [0, 0.1) is 0 Å². The molecule has 168 valence electrons. The molecule has 0 atom stereocenters. The lowest BCUT2D eigenvalue weighted by Crippen LogP contribution is -2.48. The zero-order valence-corrected chi connectivity index (χ0v) is 19.4. The summed E-state index contributed by atoms with van der Waals surface area (Å²) in [5, 5.41) is 3.33. The van der Waals surface area contributed by atoms with Crippen LogP contribution in [0.5, 0.6) is 0 Å². The van der Waals surface area contributed by atoms with E-state index in [0.29, 0.717) is 31.7 Å². The molecule has 2 aromatic heterocycles. The van der Waals surface area contributed by atoms with E-state index in [1.54, 1.807) is 6.20 Å². The van der Waals surface area contributed by atoms with Gasteiger partial charge in [-0.2, -0.15) is 0 Å². The fraction of sp³-hybridized carbons (Fsp3) is 0.364. The third-order valence-electron chi connectivity index (χ3n) is 5.47. The lowest BCUT2D eigenvalue weighted by atomic mass is 10.2. The van der Waals surface area contributed by atoms with Crippen LogP contribution in [-0.2, 0) is 14.3 Å². The van der Waals surface area contributed by atoms with Crippen LogP contribution < -0.4 is 10.2 Å². The summed E-state index contributed by atoms with van der Waals surface area (Å²) in [4.78, 5) is 36.5. The number of halogens is 1. The number of fused-ring (bicyclic) bond motifs is 1. The number of amides is 1. The number of hydrogen-bond donors (Lipinski definition) is 1. The Hall–Kier alpha value is -3.14. The minimum atomic E-state index is -0.273. The number of nitrogens with one attached hydrogen (secondary N) is 1. The first-order valence-corrected chi connectivity index (χ1v) is 11.3. The molecule has 1 aliphatic rings. The number of rotatable bonds is 7. The fourth-order valence-electron chi connectivity index (χ4n) is 3.74. The highest BCUT2D eigenvalue weighted by atomic mass is 79.9. The largest absolute Gasteiger partial charge is 0.469 e. The number of nitrogens with zero attached hydrogens (tertiary/aromatic N) is 5. The van der Waals surface area contributed by atoms with Gasteiger partial charge in [0.05, 0.1) is 7.11 Å². The van der Waals surface area contributed by atoms with E-state index in [1.165, 1.54) is 7.11 Å². The second kappa shape index (κ2) is 9.99. The van der Waals surface area contributed by atoms with Gasteiger partial charge in [-0.15, -0.1) is 0 Å². The molecule has 1 N–H and O–H groups in total. The molecular formula is C22H25BrN6O3. The van der Waals surface area contributed by atoms with E-state index in [4.69, 9.17) is 0 Å². The van der Waals surface area contributed by atoms with E-state index >= 15 is 0 Å². The van der Waals surface area contributed by atoms with Gasteiger partial charge >= 0.3 is 5.97 Å². The van der Waals surface area contributed by atoms with Gasteiger partial charge in [0.15, 0.2) is 11.5 Å². The van der Waals surface area contributed by atoms with Crippen molar-refractivity contribution in [2.45, 2.75) is 19.3 Å². The van der Waals surface area contributed by atoms with Crippen molar-refractivity contribution in [2.75, 3.05) is 43.5 Å². The Balaban J connectivity index is 1.31. The molecule has 0 radical (unpaired) electrons. The molecule has 3 aromatic rings. The molecule has 0 saturated carbocycles. The van der Waals surface area contributed by atoms with Crippen molar-refractivity contribution >= 4 is 50.6 Å². The standard InChI is InChI=1S/C22H25BrN6O3/c1-32-20(31)4-2-3-19(30)28-13-11-27(12-14-28)17-7-5-16(6-8-17)25-21-22-24-9-10-29(22)15-18(23)26-21/h5-10,15H,2-4,11-14H2,1H3,(H,25,26). The van der Waals surface area contributed by atoms with E-state index in [2.05, 4.69) is 53.0 Å². The van der Waals surface area contributed by atoms with Gasteiger partial charge in [0, 0.05) is 69.0 Å². The molecule has 1 aromatic carbocycles. The Bertz CT molecular complexity index is 1090. The van der Waals surface area contributed by atoms with Gasteiger partial charge in [0.25, 0.3) is 0 Å². The van der Waals surface area contributed by atoms with Crippen LogP contribution in [-0.4, -0.2) is 64.4 Å². The second-order valence-electron chi connectivity index (χ2n) is 7.54. The maximum atomic E-state index is 12.4. The molecule has 4 rings (SSSR count). The van der Waals surface area contributed by atoms with Gasteiger partial charge in [-0.05, 0) is 46.6 Å². The average molecular weight is 501 g/mol. The molecule has 0 bridgehead atoms. The highest BCUT2D eigenvalue weighted by molar-refractivity contribution is 9.10. The number of hydrogen-bond acceptors (Lipinski definition) is 7. The van der Waals surface area contributed by atoms with Gasteiger partial charge in [0.2, 0.25) is 5.91 Å². The van der Waals surface area contributed by atoms with E-state index in [-0.39, 0.29) is 18.3 Å². The number of aromatic nitrogens is 3. The summed E-state index contributed by atoms with van der Waals surface area (Å²) >= 11 is 3.43. The van der Waals surface area contributed by atoms with Crippen molar-refractivity contribution in [3.05, 3.63) is 47.5 Å². The number of carbonyl (C=O) groups is 2. The number of benzene rings is 1. The van der Waals surface area contributed by atoms with Crippen LogP contribution in [0.2, 0.25) is 0 Å². The Morgan fingerprint density at radius 1 is 1.12 bits per heavy atom. The van der Waals surface area contributed by atoms with Gasteiger partial charge in [-0.25, -0.2) is 9.97 Å². The van der Waals surface area contributed by atoms with E-state index in [9.17, 15) is 9.59 Å². The molecule has 1 fully saturated rings. The summed E-state index contributed by atoms with van der Waals surface area (Å²) in [5.74, 6) is 0.502. The van der Waals surface area contributed by atoms with Crippen molar-refractivity contribution in [1.82, 2.24) is 19.3 Å². The third-order valence-corrected chi connectivity index (χ3v) is 5.85. The maximum absolute atomic E-state index is 12.4. The number of anilines is 3. The van der Waals surface area contributed by atoms with Gasteiger partial charge in [-0.3, -0.25) is 9.59 Å². The SMILES string of the molecule is COC(=O)CCCC(=O)N1CCN(c2ccc(Nc3nc(Br)cn4ccnc34)cc2)CC1. The first kappa shape index (κ1) is 22.1. The van der Waals surface area contributed by atoms with Gasteiger partial charge < -0.3 is 24.3 Å². The Kier molecular flexibility index (Phi) is 6.89. The first-order chi connectivity index (χ1) is 15.5. The maximum Gasteiger partial charge on any atom is 0.305 e. The molecule has 32 heavy (non-hydrogen) atoms. The Morgan fingerprint density at radius 3 is 2.59 bits per heavy atom. The summed E-state index contributed by atoms with van der Waals surface area (Å²) in [6, 6.07) is 8.16. The van der Waals surface area contributed by atoms with Crippen molar-refractivity contribution in [1.29, 1.82) is 0 Å². The van der Waals surface area contributed by atoms with Crippen LogP contribution in [0.1, 0.15) is 19.3 Å². The van der Waals surface area contributed by atoms with E-state index < -0.39 is 0 Å². The topological polar surface area (TPSA) is 92.1 Å². The predicted molar refractivity (Wildman–Crippen MR) is 125 cm³/mol. The number of imidazole rings is 1. The second-order valence-corrected chi connectivity index (χ2v) is 8.35. The lowest BCUT2D eigenvalue weighted by Gasteiger charge is -2.36. The molecule has 3 heterocycles. The minimum Gasteiger partial charge on any atom is -0.469 e. The Labute approximate surface area is 194 Å². The predicted octanol–water partition coefficient (Wildman–Crippen LogP) is 3.23. The van der Waals surface area contributed by atoms with Crippen LogP contribution in [0.25, 0.3) is 5.65 Å². The van der Waals surface area contributed by atoms with Crippen LogP contribution in [0.3, 0.4) is 0 Å². The first-order valence-electron chi connectivity index (χ1n) is 10.5. The molecule has 0 unspecified atom stereocenters. The molecule has 1 aliphatic heterocycles. The summed E-state index contributed by atoms with van der Waals surface area (Å²) in [5.41, 5.74) is 2.79. The summed E-state index contributed by atoms with van der Waals surface area (Å²) < 4.78 is 7.25. The van der Waals surface area contributed by atoms with Crippen LogP contribution in [0.4, 0.5) is 17.2 Å². The summed E-state index contributed by atoms with van der Waals surface area (Å²) in [6.45, 7) is 2.91. The average Bonchev–Trinajstić information content (AvgIpc) is 3.28. The zero-order chi connectivity index (χ0) is 22.5. The van der Waals surface area contributed by atoms with Crippen LogP contribution >= 0.6 is 15.9 Å². The van der Waals surface area contributed by atoms with Crippen molar-refractivity contribution < 1.29 is 14.3 Å². The summed E-state index contributed by atoms with van der Waals surface area (Å²) in [6.07, 6.45) is 6.66. The molecule has 1 amide bonds. The normalized spacial score (nSPS) is 13.9. The third kappa shape index (κ3) is 5.18. The monoisotopic (exact) mass is 500 g/mol. The van der Waals surface area contributed by atoms with E-state index in [0.717, 1.165) is 34.7 Å². The number of esters is 1. The molecular weight excluding hydrogens is 476 g/mol. The molecule has 10 heteroatoms. The van der Waals surface area contributed by atoms with E-state index in [1.807, 2.05) is 33.8 Å². The quantitative estimate of drug-likeness (QED) is 0.497. The smallest absolute Gasteiger partial charge is 0.305 e. The number of piperazine rings is 1. The fourth-order valence-corrected chi connectivity index (χ4v) is 4.13. The molecule has 0 aliphatic carbocycles. The summed E-state index contributed by atoms with van der Waals surface area (Å²) in [7, 11) is 1.36. The zero-order valence-electron chi connectivity index (χ0n) is 17.8. The molecule has 1 saturated heterocycles. The van der Waals surface area contributed by atoms with Crippen molar-refractivity contribution in [2.24, 2.45) is 0 Å². The highest BCUT2D eigenvalue weighted by Gasteiger charge is 2.21. The minimum absolute atomic E-state index is 0.0972. The highest BCUT2D eigenvalue weighted by Crippen LogP contribution is 2.24. The van der Waals surface area contributed by atoms with Crippen molar-refractivity contribution in [3.8, 4) is 0 Å². The van der Waals surface area contributed by atoms with Gasteiger partial charge in [0.1, 0.15) is 4.60 Å². The molecule has 9 nitrogen and oxygen atoms in total. The molecule has 0 spiro atoms. The van der Waals surface area contributed by atoms with Crippen LogP contribution in [0.15, 0.2) is 47.5 Å². The lowest BCUT2D eigenvalue weighted by molar-refractivity contribution is -0.140.